The van der Waals surface area contributed by atoms with Gasteiger partial charge in [-0.25, -0.2) is 0 Å². The minimum atomic E-state index is -0.186. The van der Waals surface area contributed by atoms with Gasteiger partial charge in [0.1, 0.15) is 11.7 Å². The Hall–Kier alpha value is -3.52. The van der Waals surface area contributed by atoms with E-state index in [9.17, 15) is 4.79 Å². The molecule has 5 nitrogen and oxygen atoms in total. The fraction of sp³-hybridized carbons (Fsp3) is 0.217. The summed E-state index contributed by atoms with van der Waals surface area (Å²) in [4.78, 5) is 12.7. The van der Waals surface area contributed by atoms with E-state index >= 15 is 0 Å². The number of hydrogen-bond donors (Lipinski definition) is 0. The van der Waals surface area contributed by atoms with Gasteiger partial charge in [0.05, 0.1) is 7.11 Å². The molecule has 0 fully saturated rings. The predicted molar refractivity (Wildman–Crippen MR) is 108 cm³/mol. The fourth-order valence-electron chi connectivity index (χ4n) is 3.08. The maximum Gasteiger partial charge on any atom is 0.221 e. The van der Waals surface area contributed by atoms with E-state index in [0.29, 0.717) is 23.7 Å². The van der Waals surface area contributed by atoms with Crippen LogP contribution in [-0.2, 0) is 6.42 Å². The van der Waals surface area contributed by atoms with Crippen molar-refractivity contribution in [3.05, 3.63) is 64.9 Å². The Morgan fingerprint density at radius 2 is 2.04 bits per heavy atom. The quantitative estimate of drug-likeness (QED) is 0.424. The normalized spacial score (nSPS) is 10.9. The fourth-order valence-corrected chi connectivity index (χ4v) is 3.08. The molecule has 0 aliphatic rings. The first-order valence-electron chi connectivity index (χ1n) is 8.99. The number of ketones is 1. The molecule has 0 aliphatic carbocycles. The first kappa shape index (κ1) is 19.2. The van der Waals surface area contributed by atoms with Crippen LogP contribution in [0.1, 0.15) is 34.2 Å². The smallest absolute Gasteiger partial charge is 0.221 e. The van der Waals surface area contributed by atoms with Gasteiger partial charge >= 0.3 is 0 Å². The number of hydrogen-bond acceptors (Lipinski definition) is 5. The van der Waals surface area contributed by atoms with E-state index < -0.39 is 0 Å². The molecular formula is C23H21NO4. The highest BCUT2D eigenvalue weighted by atomic mass is 16.5. The summed E-state index contributed by atoms with van der Waals surface area (Å²) >= 11 is 0. The second-order valence-electron chi connectivity index (χ2n) is 6.32. The Bertz CT molecular complexity index is 1090. The second-order valence-corrected chi connectivity index (χ2v) is 6.32. The summed E-state index contributed by atoms with van der Waals surface area (Å²) < 4.78 is 16.4. The van der Waals surface area contributed by atoms with Crippen LogP contribution in [0.3, 0.4) is 0 Å². The molecule has 3 rings (SSSR count). The van der Waals surface area contributed by atoms with E-state index in [2.05, 4.69) is 0 Å². The predicted octanol–water partition coefficient (Wildman–Crippen LogP) is 5.11. The highest BCUT2D eigenvalue weighted by Gasteiger charge is 2.17. The largest absolute Gasteiger partial charge is 0.493 e. The SMILES string of the molecule is CCc1c(C(=O)/C=C/c2ccc(OCC#N)c(OC)c2)oc2ccc(C)cc12. The topological polar surface area (TPSA) is 72.5 Å². The third kappa shape index (κ3) is 3.91. The van der Waals surface area contributed by atoms with E-state index in [0.717, 1.165) is 27.7 Å². The summed E-state index contributed by atoms with van der Waals surface area (Å²) in [6.45, 7) is 3.97. The minimum Gasteiger partial charge on any atom is -0.493 e. The first-order chi connectivity index (χ1) is 13.6. The van der Waals surface area contributed by atoms with Crippen LogP contribution in [-0.4, -0.2) is 19.5 Å². The lowest BCUT2D eigenvalue weighted by molar-refractivity contribution is 0.102. The van der Waals surface area contributed by atoms with E-state index in [1.165, 1.54) is 13.2 Å². The third-order valence-electron chi connectivity index (χ3n) is 4.43. The summed E-state index contributed by atoms with van der Waals surface area (Å²) in [5.74, 6) is 1.17. The number of fused-ring (bicyclic) bond motifs is 1. The lowest BCUT2D eigenvalue weighted by Gasteiger charge is -2.08. The number of furan rings is 1. The molecule has 3 aromatic rings. The molecule has 1 aromatic heterocycles. The van der Waals surface area contributed by atoms with Crippen LogP contribution in [0.4, 0.5) is 0 Å². The molecule has 0 N–H and O–H groups in total. The zero-order valence-electron chi connectivity index (χ0n) is 16.1. The van der Waals surface area contributed by atoms with E-state index in [1.807, 2.05) is 38.1 Å². The van der Waals surface area contributed by atoms with Crippen LogP contribution in [0.15, 0.2) is 46.9 Å². The number of benzene rings is 2. The van der Waals surface area contributed by atoms with Gasteiger partial charge in [0.15, 0.2) is 23.9 Å². The Balaban J connectivity index is 1.88. The number of nitrogens with zero attached hydrogens (tertiary/aromatic N) is 1. The summed E-state index contributed by atoms with van der Waals surface area (Å²) in [5, 5.41) is 9.62. The van der Waals surface area contributed by atoms with Gasteiger partial charge in [-0.3, -0.25) is 4.79 Å². The van der Waals surface area contributed by atoms with Crippen LogP contribution in [0, 0.1) is 18.3 Å². The number of ether oxygens (including phenoxy) is 2. The molecule has 0 radical (unpaired) electrons. The molecule has 5 heteroatoms. The molecular weight excluding hydrogens is 354 g/mol. The molecule has 0 atom stereocenters. The molecule has 142 valence electrons. The van der Waals surface area contributed by atoms with E-state index in [4.69, 9.17) is 19.2 Å². The molecule has 0 bridgehead atoms. The monoisotopic (exact) mass is 375 g/mol. The van der Waals surface area contributed by atoms with Gasteiger partial charge in [0.2, 0.25) is 5.78 Å². The lowest BCUT2D eigenvalue weighted by Crippen LogP contribution is -1.97. The van der Waals surface area contributed by atoms with Crippen molar-refractivity contribution in [3.63, 3.8) is 0 Å². The number of carbonyl (C=O) groups is 1. The summed E-state index contributed by atoms with van der Waals surface area (Å²) in [6.07, 6.45) is 3.91. The summed E-state index contributed by atoms with van der Waals surface area (Å²) in [5.41, 5.74) is 3.55. The zero-order chi connectivity index (χ0) is 20.1. The van der Waals surface area contributed by atoms with Crippen molar-refractivity contribution in [2.75, 3.05) is 13.7 Å². The molecule has 0 saturated heterocycles. The molecule has 0 aliphatic heterocycles. The van der Waals surface area contributed by atoms with Gasteiger partial charge in [-0.05, 0) is 49.2 Å². The number of aryl methyl sites for hydroxylation is 2. The van der Waals surface area contributed by atoms with Gasteiger partial charge in [0.25, 0.3) is 0 Å². The van der Waals surface area contributed by atoms with Gasteiger partial charge in [0, 0.05) is 10.9 Å². The average molecular weight is 375 g/mol. The van der Waals surface area contributed by atoms with Crippen molar-refractivity contribution >= 4 is 22.8 Å². The maximum absolute atomic E-state index is 12.7. The van der Waals surface area contributed by atoms with Crippen molar-refractivity contribution in [1.82, 2.24) is 0 Å². The van der Waals surface area contributed by atoms with Crippen LogP contribution < -0.4 is 9.47 Å². The van der Waals surface area contributed by atoms with Crippen molar-refractivity contribution in [2.45, 2.75) is 20.3 Å². The first-order valence-corrected chi connectivity index (χ1v) is 8.99. The van der Waals surface area contributed by atoms with Gasteiger partial charge in [-0.15, -0.1) is 0 Å². The zero-order valence-corrected chi connectivity index (χ0v) is 16.1. The van der Waals surface area contributed by atoms with E-state index in [1.54, 1.807) is 24.3 Å². The third-order valence-corrected chi connectivity index (χ3v) is 4.43. The Labute approximate surface area is 163 Å². The number of allylic oxidation sites excluding steroid dienone is 1. The van der Waals surface area contributed by atoms with Gasteiger partial charge in [-0.1, -0.05) is 30.7 Å². The minimum absolute atomic E-state index is 0.0602. The van der Waals surface area contributed by atoms with Crippen molar-refractivity contribution in [2.24, 2.45) is 0 Å². The van der Waals surface area contributed by atoms with E-state index in [-0.39, 0.29) is 12.4 Å². The maximum atomic E-state index is 12.7. The number of rotatable bonds is 7. The van der Waals surface area contributed by atoms with Crippen LogP contribution >= 0.6 is 0 Å². The molecule has 1 heterocycles. The average Bonchev–Trinajstić information content (AvgIpc) is 3.08. The molecule has 2 aromatic carbocycles. The van der Waals surface area contributed by atoms with Gasteiger partial charge < -0.3 is 13.9 Å². The van der Waals surface area contributed by atoms with Crippen LogP contribution in [0.5, 0.6) is 11.5 Å². The van der Waals surface area contributed by atoms with Crippen molar-refractivity contribution < 1.29 is 18.7 Å². The highest BCUT2D eigenvalue weighted by Crippen LogP contribution is 2.30. The number of methoxy groups -OCH3 is 1. The highest BCUT2D eigenvalue weighted by molar-refractivity contribution is 6.08. The van der Waals surface area contributed by atoms with Gasteiger partial charge in [-0.2, -0.15) is 5.26 Å². The number of nitriles is 1. The molecule has 0 saturated carbocycles. The van der Waals surface area contributed by atoms with Crippen LogP contribution in [0.2, 0.25) is 0 Å². The Morgan fingerprint density at radius 1 is 1.21 bits per heavy atom. The lowest BCUT2D eigenvalue weighted by atomic mass is 10.0. The molecule has 0 unspecified atom stereocenters. The Morgan fingerprint density at radius 3 is 2.75 bits per heavy atom. The summed E-state index contributed by atoms with van der Waals surface area (Å²) in [6, 6.07) is 13.1. The molecule has 28 heavy (non-hydrogen) atoms. The molecule has 0 amide bonds. The van der Waals surface area contributed by atoms with Crippen molar-refractivity contribution in [3.8, 4) is 17.6 Å². The second kappa shape index (κ2) is 8.45. The Kier molecular flexibility index (Phi) is 5.81. The van der Waals surface area contributed by atoms with Crippen molar-refractivity contribution in [1.29, 1.82) is 5.26 Å². The number of carbonyl (C=O) groups excluding carboxylic acids is 1. The van der Waals surface area contributed by atoms with Crippen LogP contribution in [0.25, 0.3) is 17.0 Å². The summed E-state index contributed by atoms with van der Waals surface area (Å²) in [7, 11) is 1.52. The molecule has 0 spiro atoms. The standard InChI is InChI=1S/C23H21NO4/c1-4-17-18-13-15(2)5-9-20(18)28-23(17)19(25)8-6-16-7-10-21(27-12-11-24)22(14-16)26-3/h5-10,13-14H,4,12H2,1-3H3/b8-6+.